The van der Waals surface area contributed by atoms with E-state index in [1.807, 2.05) is 0 Å². The Morgan fingerprint density at radius 1 is 0.794 bits per heavy atom. The van der Waals surface area contributed by atoms with Crippen molar-refractivity contribution in [2.75, 3.05) is 4.90 Å². The third-order valence-electron chi connectivity index (χ3n) is 7.15. The number of Topliss-reactive ketones (excluding diaryl/α,β-unsaturated/α-hetero) is 2. The van der Waals surface area contributed by atoms with Gasteiger partial charge in [-0.15, -0.1) is 0 Å². The van der Waals surface area contributed by atoms with Crippen molar-refractivity contribution in [3.8, 4) is 0 Å². The third kappa shape index (κ3) is 2.50. The van der Waals surface area contributed by atoms with Gasteiger partial charge in [-0.25, -0.2) is 4.90 Å². The maximum atomic E-state index is 13.8. The number of hydrogen-bond acceptors (Lipinski definition) is 5. The van der Waals surface area contributed by atoms with E-state index < -0.39 is 46.9 Å². The predicted octanol–water partition coefficient (Wildman–Crippen LogP) is 4.34. The van der Waals surface area contributed by atoms with E-state index in [0.29, 0.717) is 21.8 Å². The minimum absolute atomic E-state index is 0.202. The van der Waals surface area contributed by atoms with E-state index >= 15 is 0 Å². The molecular formula is C27H18ClNO5. The first-order chi connectivity index (χ1) is 16.4. The van der Waals surface area contributed by atoms with E-state index in [-0.39, 0.29) is 11.1 Å². The number of nitrogens with zero attached hydrogens (tertiary/aromatic N) is 1. The molecule has 2 aliphatic heterocycles. The normalized spacial score (nSPS) is 24.8. The van der Waals surface area contributed by atoms with Gasteiger partial charge in [0, 0.05) is 16.1 Å². The monoisotopic (exact) mass is 471 g/mol. The first-order valence-electron chi connectivity index (χ1n) is 10.9. The summed E-state index contributed by atoms with van der Waals surface area (Å²) in [7, 11) is 0. The number of carbonyl (C=O) groups excluding carboxylic acids is 4. The number of imide groups is 1. The minimum Gasteiger partial charge on any atom is -0.349 e. The fourth-order valence-electron chi connectivity index (χ4n) is 5.56. The molecule has 2 saturated heterocycles. The van der Waals surface area contributed by atoms with Crippen LogP contribution >= 0.6 is 11.6 Å². The maximum absolute atomic E-state index is 13.8. The Balaban J connectivity index is 1.58. The smallest absolute Gasteiger partial charge is 0.241 e. The molecule has 3 atom stereocenters. The van der Waals surface area contributed by atoms with Gasteiger partial charge in [0.2, 0.25) is 29.0 Å². The van der Waals surface area contributed by atoms with E-state index in [4.69, 9.17) is 16.3 Å². The van der Waals surface area contributed by atoms with Crippen LogP contribution in [0.25, 0.3) is 0 Å². The van der Waals surface area contributed by atoms with Crippen molar-refractivity contribution in [3.05, 3.63) is 100 Å². The van der Waals surface area contributed by atoms with Gasteiger partial charge in [0.05, 0.1) is 23.6 Å². The molecule has 2 amide bonds. The van der Waals surface area contributed by atoms with Crippen molar-refractivity contribution in [2.45, 2.75) is 18.6 Å². The number of para-hydroxylation sites is 1. The zero-order chi connectivity index (χ0) is 23.8. The molecule has 0 N–H and O–H groups in total. The zero-order valence-corrected chi connectivity index (χ0v) is 18.8. The number of halogens is 1. The molecule has 0 radical (unpaired) electrons. The van der Waals surface area contributed by atoms with Crippen LogP contribution < -0.4 is 4.90 Å². The molecule has 2 fully saturated rings. The van der Waals surface area contributed by atoms with E-state index in [1.54, 1.807) is 79.7 Å². The van der Waals surface area contributed by atoms with E-state index in [0.717, 1.165) is 4.90 Å². The van der Waals surface area contributed by atoms with Gasteiger partial charge in [-0.05, 0) is 36.2 Å². The topological polar surface area (TPSA) is 80.8 Å². The first kappa shape index (κ1) is 21.0. The summed E-state index contributed by atoms with van der Waals surface area (Å²) in [6, 6.07) is 20.1. The van der Waals surface area contributed by atoms with Crippen molar-refractivity contribution < 1.29 is 23.9 Å². The number of carbonyl (C=O) groups is 4. The van der Waals surface area contributed by atoms with Crippen LogP contribution in [0.1, 0.15) is 37.9 Å². The lowest BCUT2D eigenvalue weighted by Gasteiger charge is -2.27. The molecule has 0 saturated carbocycles. The molecule has 0 bridgehead atoms. The van der Waals surface area contributed by atoms with Crippen molar-refractivity contribution in [3.63, 3.8) is 0 Å². The average Bonchev–Trinajstić information content (AvgIpc) is 3.41. The lowest BCUT2D eigenvalue weighted by atomic mass is 9.77. The molecule has 0 unspecified atom stereocenters. The van der Waals surface area contributed by atoms with Crippen LogP contribution in [0.3, 0.4) is 0 Å². The van der Waals surface area contributed by atoms with E-state index in [9.17, 15) is 19.2 Å². The zero-order valence-electron chi connectivity index (χ0n) is 18.0. The van der Waals surface area contributed by atoms with Gasteiger partial charge in [-0.3, -0.25) is 19.2 Å². The summed E-state index contributed by atoms with van der Waals surface area (Å²) in [5, 5.41) is 0.461. The number of benzene rings is 3. The molecule has 34 heavy (non-hydrogen) atoms. The van der Waals surface area contributed by atoms with Gasteiger partial charge in [-0.1, -0.05) is 66.2 Å². The second-order valence-corrected chi connectivity index (χ2v) is 9.19. The van der Waals surface area contributed by atoms with Gasteiger partial charge in [-0.2, -0.15) is 0 Å². The first-order valence-corrected chi connectivity index (χ1v) is 11.3. The highest BCUT2D eigenvalue weighted by molar-refractivity contribution is 6.37. The molecule has 1 spiro atoms. The molecule has 7 heteroatoms. The summed E-state index contributed by atoms with van der Waals surface area (Å²) in [5.74, 6) is -4.61. The number of anilines is 1. The highest BCUT2D eigenvalue weighted by Crippen LogP contribution is 2.58. The summed E-state index contributed by atoms with van der Waals surface area (Å²) in [6.07, 6.45) is -0.990. The highest BCUT2D eigenvalue weighted by Gasteiger charge is 2.74. The molecule has 3 aromatic carbocycles. The highest BCUT2D eigenvalue weighted by atomic mass is 35.5. The summed E-state index contributed by atoms with van der Waals surface area (Å²) in [5.41, 5.74) is -0.0598. The lowest BCUT2D eigenvalue weighted by molar-refractivity contribution is -0.127. The van der Waals surface area contributed by atoms with E-state index in [2.05, 4.69) is 0 Å². The van der Waals surface area contributed by atoms with Crippen LogP contribution in [-0.4, -0.2) is 29.0 Å². The molecule has 3 aliphatic rings. The van der Waals surface area contributed by atoms with E-state index in [1.165, 1.54) is 0 Å². The number of fused-ring (bicyclic) bond motifs is 3. The molecule has 3 aromatic rings. The van der Waals surface area contributed by atoms with Gasteiger partial charge in [0.15, 0.2) is 0 Å². The Morgan fingerprint density at radius 3 is 2.06 bits per heavy atom. The Labute approximate surface area is 200 Å². The Morgan fingerprint density at radius 2 is 1.41 bits per heavy atom. The molecular weight excluding hydrogens is 454 g/mol. The quantitative estimate of drug-likeness (QED) is 0.410. The molecule has 168 valence electrons. The molecule has 0 aromatic heterocycles. The van der Waals surface area contributed by atoms with Crippen LogP contribution in [0.2, 0.25) is 5.02 Å². The van der Waals surface area contributed by atoms with Gasteiger partial charge in [0.1, 0.15) is 0 Å². The number of ether oxygens (including phenoxy) is 1. The standard InChI is InChI=1S/C27H18ClNO5/c1-14-16(12-7-13-19(14)28)22-20-21(26(33)29(25(20)32)15-8-3-2-4-9-15)27(34-22)23(30)17-10-5-6-11-18(17)24(27)31/h2-13,20-22H,1H3/t20-,21-,22+/m1/s1. The Kier molecular flexibility index (Phi) is 4.43. The maximum Gasteiger partial charge on any atom is 0.241 e. The Bertz CT molecular complexity index is 1380. The average molecular weight is 472 g/mol. The number of rotatable bonds is 2. The van der Waals surface area contributed by atoms with Crippen molar-refractivity contribution >= 4 is 40.7 Å². The molecule has 6 rings (SSSR count). The second-order valence-electron chi connectivity index (χ2n) is 8.78. The SMILES string of the molecule is Cc1c(Cl)cccc1[C@@H]1OC2(C(=O)c3ccccc3C2=O)[C@H]2C(=O)N(c3ccccc3)C(=O)[C@@H]12. The minimum atomic E-state index is -2.09. The number of amides is 2. The summed E-state index contributed by atoms with van der Waals surface area (Å²) in [6.45, 7) is 1.78. The van der Waals surface area contributed by atoms with Crippen LogP contribution in [0.4, 0.5) is 5.69 Å². The van der Waals surface area contributed by atoms with Crippen LogP contribution in [0, 0.1) is 18.8 Å². The molecule has 2 heterocycles. The summed E-state index contributed by atoms with van der Waals surface area (Å²) < 4.78 is 6.30. The number of ketones is 2. The van der Waals surface area contributed by atoms with Crippen LogP contribution in [0.15, 0.2) is 72.8 Å². The van der Waals surface area contributed by atoms with Gasteiger partial charge in [0.25, 0.3) is 0 Å². The van der Waals surface area contributed by atoms with Crippen LogP contribution in [-0.2, 0) is 14.3 Å². The molecule has 1 aliphatic carbocycles. The largest absolute Gasteiger partial charge is 0.349 e. The van der Waals surface area contributed by atoms with Crippen molar-refractivity contribution in [1.82, 2.24) is 0 Å². The molecule has 6 nitrogen and oxygen atoms in total. The van der Waals surface area contributed by atoms with Crippen molar-refractivity contribution in [2.24, 2.45) is 11.8 Å². The third-order valence-corrected chi connectivity index (χ3v) is 7.56. The second kappa shape index (κ2) is 7.19. The van der Waals surface area contributed by atoms with Crippen molar-refractivity contribution in [1.29, 1.82) is 0 Å². The lowest BCUT2D eigenvalue weighted by Crippen LogP contribution is -2.51. The summed E-state index contributed by atoms with van der Waals surface area (Å²) in [4.78, 5) is 56.2. The number of hydrogen-bond donors (Lipinski definition) is 0. The fourth-order valence-corrected chi connectivity index (χ4v) is 5.75. The van der Waals surface area contributed by atoms with Gasteiger partial charge >= 0.3 is 0 Å². The Hall–Kier alpha value is -3.61. The van der Waals surface area contributed by atoms with Crippen LogP contribution in [0.5, 0.6) is 0 Å². The predicted molar refractivity (Wildman–Crippen MR) is 124 cm³/mol. The fraction of sp³-hybridized carbons (Fsp3) is 0.185. The summed E-state index contributed by atoms with van der Waals surface area (Å²) >= 11 is 6.35. The van der Waals surface area contributed by atoms with Gasteiger partial charge < -0.3 is 4.74 Å².